The van der Waals surface area contributed by atoms with Crippen molar-refractivity contribution >= 4 is 34.8 Å². The van der Waals surface area contributed by atoms with Crippen LogP contribution in [0.1, 0.15) is 17.3 Å². The van der Waals surface area contributed by atoms with Crippen molar-refractivity contribution in [2.24, 2.45) is 0 Å². The molecule has 2 rings (SSSR count). The molecular formula is C15H14ClN3O3. The molecule has 0 bridgehead atoms. The van der Waals surface area contributed by atoms with Crippen molar-refractivity contribution < 1.29 is 14.3 Å². The fourth-order valence-corrected chi connectivity index (χ4v) is 2.00. The van der Waals surface area contributed by atoms with E-state index in [9.17, 15) is 9.59 Å². The second-order valence-electron chi connectivity index (χ2n) is 4.39. The highest BCUT2D eigenvalue weighted by Crippen LogP contribution is 2.28. The molecular weight excluding hydrogens is 306 g/mol. The van der Waals surface area contributed by atoms with Crippen LogP contribution in [-0.4, -0.2) is 23.9 Å². The van der Waals surface area contributed by atoms with Crippen molar-refractivity contribution in [2.45, 2.75) is 6.92 Å². The first-order valence-corrected chi connectivity index (χ1v) is 6.76. The number of hydrogen-bond donors (Lipinski definition) is 2. The van der Waals surface area contributed by atoms with Gasteiger partial charge in [0, 0.05) is 19.2 Å². The molecule has 2 N–H and O–H groups in total. The van der Waals surface area contributed by atoms with Crippen molar-refractivity contribution in [2.75, 3.05) is 17.7 Å². The van der Waals surface area contributed by atoms with Crippen molar-refractivity contribution in [1.29, 1.82) is 0 Å². The molecule has 0 saturated heterocycles. The number of nitrogens with one attached hydrogen (secondary N) is 2. The van der Waals surface area contributed by atoms with Gasteiger partial charge in [-0.1, -0.05) is 11.6 Å². The maximum atomic E-state index is 12.3. The molecule has 0 radical (unpaired) electrons. The van der Waals surface area contributed by atoms with Crippen molar-refractivity contribution in [3.63, 3.8) is 0 Å². The van der Waals surface area contributed by atoms with Crippen LogP contribution in [0.25, 0.3) is 0 Å². The van der Waals surface area contributed by atoms with E-state index in [0.29, 0.717) is 17.1 Å². The lowest BCUT2D eigenvalue weighted by Crippen LogP contribution is -2.16. The predicted octanol–water partition coefficient (Wildman–Crippen LogP) is 2.95. The van der Waals surface area contributed by atoms with E-state index in [1.165, 1.54) is 20.2 Å². The van der Waals surface area contributed by atoms with Crippen LogP contribution in [0.3, 0.4) is 0 Å². The Hall–Kier alpha value is -2.60. The summed E-state index contributed by atoms with van der Waals surface area (Å²) in [5.74, 6) is -0.139. The van der Waals surface area contributed by atoms with E-state index in [1.807, 2.05) is 0 Å². The van der Waals surface area contributed by atoms with Crippen LogP contribution in [0, 0.1) is 0 Å². The molecule has 0 spiro atoms. The third-order valence-corrected chi connectivity index (χ3v) is 3.09. The van der Waals surface area contributed by atoms with E-state index >= 15 is 0 Å². The Labute approximate surface area is 132 Å². The number of aromatic nitrogens is 1. The number of carbonyl (C=O) groups is 2. The number of pyridine rings is 1. The Bertz CT molecular complexity index is 719. The highest BCUT2D eigenvalue weighted by atomic mass is 35.5. The summed E-state index contributed by atoms with van der Waals surface area (Å²) in [5.41, 5.74) is 1.10. The number of rotatable bonds is 4. The summed E-state index contributed by atoms with van der Waals surface area (Å²) < 4.78 is 5.12. The molecule has 22 heavy (non-hydrogen) atoms. The summed E-state index contributed by atoms with van der Waals surface area (Å²) >= 11 is 5.90. The van der Waals surface area contributed by atoms with Gasteiger partial charge in [0.05, 0.1) is 24.0 Å². The van der Waals surface area contributed by atoms with Gasteiger partial charge in [-0.15, -0.1) is 0 Å². The van der Waals surface area contributed by atoms with Gasteiger partial charge in [0.2, 0.25) is 5.91 Å². The maximum absolute atomic E-state index is 12.3. The Morgan fingerprint density at radius 1 is 1.18 bits per heavy atom. The van der Waals surface area contributed by atoms with Crippen LogP contribution in [-0.2, 0) is 4.79 Å². The van der Waals surface area contributed by atoms with Gasteiger partial charge in [0.1, 0.15) is 10.9 Å². The fraction of sp³-hybridized carbons (Fsp3) is 0.133. The first-order valence-electron chi connectivity index (χ1n) is 6.38. The Morgan fingerprint density at radius 3 is 2.59 bits per heavy atom. The van der Waals surface area contributed by atoms with Crippen LogP contribution in [0.5, 0.6) is 5.75 Å². The fourth-order valence-electron chi connectivity index (χ4n) is 1.80. The SMILES string of the molecule is COc1ccc(NC(C)=O)c(NC(=O)c2cccnc2Cl)c1. The molecule has 0 saturated carbocycles. The number of ether oxygens (including phenoxy) is 1. The molecule has 7 heteroatoms. The van der Waals surface area contributed by atoms with E-state index < -0.39 is 5.91 Å². The molecule has 1 aromatic carbocycles. The lowest BCUT2D eigenvalue weighted by atomic mass is 10.2. The zero-order valence-corrected chi connectivity index (χ0v) is 12.8. The molecule has 0 fully saturated rings. The number of halogens is 1. The molecule has 0 aliphatic carbocycles. The maximum Gasteiger partial charge on any atom is 0.258 e. The molecule has 1 aromatic heterocycles. The van der Waals surface area contributed by atoms with E-state index in [2.05, 4.69) is 15.6 Å². The number of carbonyl (C=O) groups excluding carboxylic acids is 2. The minimum atomic E-state index is -0.432. The first-order chi connectivity index (χ1) is 10.5. The number of methoxy groups -OCH3 is 1. The van der Waals surface area contributed by atoms with Gasteiger partial charge in [-0.25, -0.2) is 4.98 Å². The number of benzene rings is 1. The van der Waals surface area contributed by atoms with Gasteiger partial charge in [0.25, 0.3) is 5.91 Å². The van der Waals surface area contributed by atoms with Crippen molar-refractivity contribution in [3.05, 3.63) is 47.2 Å². The van der Waals surface area contributed by atoms with Crippen molar-refractivity contribution in [3.8, 4) is 5.75 Å². The molecule has 114 valence electrons. The summed E-state index contributed by atoms with van der Waals surface area (Å²) in [6, 6.07) is 8.09. The van der Waals surface area contributed by atoms with Crippen LogP contribution in [0.2, 0.25) is 5.15 Å². The zero-order valence-electron chi connectivity index (χ0n) is 12.0. The van der Waals surface area contributed by atoms with Crippen LogP contribution < -0.4 is 15.4 Å². The van der Waals surface area contributed by atoms with Gasteiger partial charge in [0.15, 0.2) is 0 Å². The van der Waals surface area contributed by atoms with E-state index in [-0.39, 0.29) is 16.6 Å². The van der Waals surface area contributed by atoms with E-state index in [1.54, 1.807) is 30.3 Å². The Balaban J connectivity index is 2.32. The standard InChI is InChI=1S/C15H14ClN3O3/c1-9(20)18-12-6-5-10(22-2)8-13(12)19-15(21)11-4-3-7-17-14(11)16/h3-8H,1-2H3,(H,18,20)(H,19,21). The van der Waals surface area contributed by atoms with Gasteiger partial charge in [-0.3, -0.25) is 9.59 Å². The third kappa shape index (κ3) is 3.73. The van der Waals surface area contributed by atoms with Gasteiger partial charge < -0.3 is 15.4 Å². The molecule has 1 heterocycles. The number of anilines is 2. The Morgan fingerprint density at radius 2 is 1.95 bits per heavy atom. The molecule has 0 aliphatic rings. The van der Waals surface area contributed by atoms with E-state index in [0.717, 1.165) is 0 Å². The van der Waals surface area contributed by atoms with Gasteiger partial charge >= 0.3 is 0 Å². The Kier molecular flexibility index (Phi) is 4.95. The quantitative estimate of drug-likeness (QED) is 0.849. The molecule has 0 atom stereocenters. The van der Waals surface area contributed by atoms with Crippen molar-refractivity contribution in [1.82, 2.24) is 4.98 Å². The third-order valence-electron chi connectivity index (χ3n) is 2.79. The minimum Gasteiger partial charge on any atom is -0.497 e. The highest BCUT2D eigenvalue weighted by molar-refractivity contribution is 6.33. The number of nitrogens with zero attached hydrogens (tertiary/aromatic N) is 1. The second kappa shape index (κ2) is 6.91. The lowest BCUT2D eigenvalue weighted by molar-refractivity contribution is -0.114. The largest absolute Gasteiger partial charge is 0.497 e. The summed E-state index contributed by atoms with van der Waals surface area (Å²) in [4.78, 5) is 27.4. The topological polar surface area (TPSA) is 80.3 Å². The van der Waals surface area contributed by atoms with Crippen LogP contribution >= 0.6 is 11.6 Å². The molecule has 2 amide bonds. The predicted molar refractivity (Wildman–Crippen MR) is 84.5 cm³/mol. The average molecular weight is 320 g/mol. The monoisotopic (exact) mass is 319 g/mol. The van der Waals surface area contributed by atoms with E-state index in [4.69, 9.17) is 16.3 Å². The minimum absolute atomic E-state index is 0.101. The van der Waals surface area contributed by atoms with Gasteiger partial charge in [-0.05, 0) is 24.3 Å². The summed E-state index contributed by atoms with van der Waals surface area (Å²) in [6.45, 7) is 1.38. The van der Waals surface area contributed by atoms with Crippen LogP contribution in [0.4, 0.5) is 11.4 Å². The summed E-state index contributed by atoms with van der Waals surface area (Å²) in [7, 11) is 1.51. The molecule has 0 unspecified atom stereocenters. The smallest absolute Gasteiger partial charge is 0.258 e. The lowest BCUT2D eigenvalue weighted by Gasteiger charge is -2.13. The zero-order chi connectivity index (χ0) is 16.1. The normalized spacial score (nSPS) is 9.95. The van der Waals surface area contributed by atoms with Crippen LogP contribution in [0.15, 0.2) is 36.5 Å². The first kappa shape index (κ1) is 15.8. The number of amides is 2. The number of hydrogen-bond acceptors (Lipinski definition) is 4. The molecule has 6 nitrogen and oxygen atoms in total. The summed E-state index contributed by atoms with van der Waals surface area (Å²) in [5, 5.41) is 5.43. The highest BCUT2D eigenvalue weighted by Gasteiger charge is 2.14. The second-order valence-corrected chi connectivity index (χ2v) is 4.75. The molecule has 0 aliphatic heterocycles. The average Bonchev–Trinajstić information content (AvgIpc) is 2.48. The molecule has 2 aromatic rings. The van der Waals surface area contributed by atoms with Gasteiger partial charge in [-0.2, -0.15) is 0 Å². The summed E-state index contributed by atoms with van der Waals surface area (Å²) in [6.07, 6.45) is 1.49.